The lowest BCUT2D eigenvalue weighted by molar-refractivity contribution is -0.135. The number of benzene rings is 1. The molecule has 152 valence electrons. The van der Waals surface area contributed by atoms with E-state index >= 15 is 0 Å². The molecule has 28 heavy (non-hydrogen) atoms. The van der Waals surface area contributed by atoms with Crippen molar-refractivity contribution in [3.63, 3.8) is 0 Å². The van der Waals surface area contributed by atoms with Gasteiger partial charge in [0.15, 0.2) is 0 Å². The maximum atomic E-state index is 12.3. The summed E-state index contributed by atoms with van der Waals surface area (Å²) in [6, 6.07) is 6.24. The van der Waals surface area contributed by atoms with E-state index in [0.29, 0.717) is 44.0 Å². The van der Waals surface area contributed by atoms with Gasteiger partial charge < -0.3 is 24.6 Å². The average molecular weight is 391 g/mol. The number of esters is 1. The molecule has 1 saturated heterocycles. The molecular formula is C19H25N3O6. The molecule has 0 bridgehead atoms. The van der Waals surface area contributed by atoms with Gasteiger partial charge in [0.1, 0.15) is 6.42 Å². The summed E-state index contributed by atoms with van der Waals surface area (Å²) in [5.41, 5.74) is 0.869. The van der Waals surface area contributed by atoms with Gasteiger partial charge in [0, 0.05) is 31.9 Å². The Morgan fingerprint density at radius 2 is 1.46 bits per heavy atom. The van der Waals surface area contributed by atoms with Gasteiger partial charge >= 0.3 is 12.1 Å². The van der Waals surface area contributed by atoms with Gasteiger partial charge in [-0.25, -0.2) is 9.59 Å². The fourth-order valence-electron chi connectivity index (χ4n) is 2.71. The second-order valence-corrected chi connectivity index (χ2v) is 6.09. The predicted octanol–water partition coefficient (Wildman–Crippen LogP) is 1.49. The number of carbonyl (C=O) groups is 4. The van der Waals surface area contributed by atoms with Crippen LogP contribution in [0.4, 0.5) is 10.5 Å². The van der Waals surface area contributed by atoms with Gasteiger partial charge in [-0.05, 0) is 38.1 Å². The lowest BCUT2D eigenvalue weighted by Gasteiger charge is -2.34. The first-order valence-corrected chi connectivity index (χ1v) is 9.21. The van der Waals surface area contributed by atoms with Crippen molar-refractivity contribution in [2.45, 2.75) is 20.3 Å². The van der Waals surface area contributed by atoms with Gasteiger partial charge in [0.05, 0.1) is 18.8 Å². The number of piperazine rings is 1. The van der Waals surface area contributed by atoms with E-state index in [0.717, 1.165) is 0 Å². The monoisotopic (exact) mass is 391 g/mol. The molecule has 3 amide bonds. The summed E-state index contributed by atoms with van der Waals surface area (Å²) in [6.45, 7) is 5.52. The van der Waals surface area contributed by atoms with E-state index in [1.54, 1.807) is 47.9 Å². The Hall–Kier alpha value is -3.10. The largest absolute Gasteiger partial charge is 0.462 e. The molecule has 0 unspecified atom stereocenters. The summed E-state index contributed by atoms with van der Waals surface area (Å²) < 4.78 is 9.83. The predicted molar refractivity (Wildman–Crippen MR) is 101 cm³/mol. The van der Waals surface area contributed by atoms with E-state index in [1.807, 2.05) is 0 Å². The van der Waals surface area contributed by atoms with Crippen LogP contribution < -0.4 is 5.32 Å². The summed E-state index contributed by atoms with van der Waals surface area (Å²) in [5.74, 6) is -1.18. The van der Waals surface area contributed by atoms with E-state index in [4.69, 9.17) is 9.47 Å². The van der Waals surface area contributed by atoms with Crippen molar-refractivity contribution >= 4 is 29.6 Å². The molecule has 0 radical (unpaired) electrons. The van der Waals surface area contributed by atoms with Crippen molar-refractivity contribution in [3.8, 4) is 0 Å². The van der Waals surface area contributed by atoms with Crippen LogP contribution in [0.5, 0.6) is 0 Å². The van der Waals surface area contributed by atoms with Crippen molar-refractivity contribution in [1.82, 2.24) is 9.80 Å². The third-order valence-corrected chi connectivity index (χ3v) is 4.15. The standard InChI is InChI=1S/C19H25N3O6/c1-3-27-18(25)14-5-7-15(8-6-14)20-16(23)13-17(24)21-9-11-22(12-10-21)19(26)28-4-2/h5-8H,3-4,9-13H2,1-2H3,(H,20,23). The topological polar surface area (TPSA) is 105 Å². The van der Waals surface area contributed by atoms with Crippen molar-refractivity contribution in [2.24, 2.45) is 0 Å². The molecule has 0 aromatic heterocycles. The molecular weight excluding hydrogens is 366 g/mol. The van der Waals surface area contributed by atoms with E-state index in [9.17, 15) is 19.2 Å². The van der Waals surface area contributed by atoms with Crippen LogP contribution in [-0.4, -0.2) is 73.1 Å². The second kappa shape index (κ2) is 10.3. The van der Waals surface area contributed by atoms with Crippen LogP contribution in [0.15, 0.2) is 24.3 Å². The number of nitrogens with zero attached hydrogens (tertiary/aromatic N) is 2. The Morgan fingerprint density at radius 3 is 2.04 bits per heavy atom. The smallest absolute Gasteiger partial charge is 0.409 e. The normalized spacial score (nSPS) is 13.6. The first-order chi connectivity index (χ1) is 13.4. The molecule has 0 saturated carbocycles. The van der Waals surface area contributed by atoms with E-state index < -0.39 is 18.0 Å². The highest BCUT2D eigenvalue weighted by atomic mass is 16.6. The van der Waals surface area contributed by atoms with Crippen LogP contribution in [0.1, 0.15) is 30.6 Å². The molecule has 1 aromatic rings. The third-order valence-electron chi connectivity index (χ3n) is 4.15. The van der Waals surface area contributed by atoms with Gasteiger partial charge in [-0.2, -0.15) is 0 Å². The van der Waals surface area contributed by atoms with Crippen LogP contribution in [-0.2, 0) is 19.1 Å². The van der Waals surface area contributed by atoms with Gasteiger partial charge in [0.2, 0.25) is 11.8 Å². The molecule has 0 aliphatic carbocycles. The van der Waals surface area contributed by atoms with Crippen molar-refractivity contribution in [2.75, 3.05) is 44.7 Å². The summed E-state index contributed by atoms with van der Waals surface area (Å²) in [7, 11) is 0. The van der Waals surface area contributed by atoms with Gasteiger partial charge in [-0.3, -0.25) is 9.59 Å². The molecule has 1 heterocycles. The quantitative estimate of drug-likeness (QED) is 0.582. The zero-order valence-electron chi connectivity index (χ0n) is 16.1. The Kier molecular flexibility index (Phi) is 7.79. The van der Waals surface area contributed by atoms with Crippen LogP contribution >= 0.6 is 0 Å². The van der Waals surface area contributed by atoms with Gasteiger partial charge in [0.25, 0.3) is 0 Å². The third kappa shape index (κ3) is 5.97. The molecule has 9 nitrogen and oxygen atoms in total. The zero-order chi connectivity index (χ0) is 20.5. The number of hydrogen-bond acceptors (Lipinski definition) is 6. The number of rotatable bonds is 6. The van der Waals surface area contributed by atoms with Crippen LogP contribution in [0.2, 0.25) is 0 Å². The van der Waals surface area contributed by atoms with Crippen LogP contribution in [0.25, 0.3) is 0 Å². The lowest BCUT2D eigenvalue weighted by atomic mass is 10.2. The van der Waals surface area contributed by atoms with Crippen LogP contribution in [0, 0.1) is 0 Å². The maximum absolute atomic E-state index is 12.3. The van der Waals surface area contributed by atoms with Gasteiger partial charge in [-0.15, -0.1) is 0 Å². The second-order valence-electron chi connectivity index (χ2n) is 6.09. The molecule has 1 aliphatic heterocycles. The molecule has 0 atom stereocenters. The minimum absolute atomic E-state index is 0.285. The van der Waals surface area contributed by atoms with Crippen LogP contribution in [0.3, 0.4) is 0 Å². The Balaban J connectivity index is 1.79. The highest BCUT2D eigenvalue weighted by Gasteiger charge is 2.25. The summed E-state index contributed by atoms with van der Waals surface area (Å²) in [4.78, 5) is 50.8. The highest BCUT2D eigenvalue weighted by molar-refractivity contribution is 6.03. The fraction of sp³-hybridized carbons (Fsp3) is 0.474. The fourth-order valence-corrected chi connectivity index (χ4v) is 2.71. The highest BCUT2D eigenvalue weighted by Crippen LogP contribution is 2.12. The SMILES string of the molecule is CCOC(=O)c1ccc(NC(=O)CC(=O)N2CCN(C(=O)OCC)CC2)cc1. The molecule has 1 aromatic carbocycles. The van der Waals surface area contributed by atoms with Gasteiger partial charge in [-0.1, -0.05) is 0 Å². The number of anilines is 1. The first-order valence-electron chi connectivity index (χ1n) is 9.21. The Bertz CT molecular complexity index is 711. The van der Waals surface area contributed by atoms with E-state index in [2.05, 4.69) is 5.32 Å². The Morgan fingerprint density at radius 1 is 0.893 bits per heavy atom. The first kappa shape index (κ1) is 21.2. The molecule has 1 N–H and O–H groups in total. The summed E-state index contributed by atoms with van der Waals surface area (Å²) in [5, 5.41) is 2.63. The molecule has 1 fully saturated rings. The molecule has 1 aliphatic rings. The minimum Gasteiger partial charge on any atom is -0.462 e. The summed E-state index contributed by atoms with van der Waals surface area (Å²) in [6.07, 6.45) is -0.683. The summed E-state index contributed by atoms with van der Waals surface area (Å²) >= 11 is 0. The lowest BCUT2D eigenvalue weighted by Crippen LogP contribution is -2.51. The van der Waals surface area contributed by atoms with Crippen molar-refractivity contribution < 1.29 is 28.7 Å². The van der Waals surface area contributed by atoms with Crippen molar-refractivity contribution in [1.29, 1.82) is 0 Å². The maximum Gasteiger partial charge on any atom is 0.409 e. The number of hydrogen-bond donors (Lipinski definition) is 1. The van der Waals surface area contributed by atoms with Crippen molar-refractivity contribution in [3.05, 3.63) is 29.8 Å². The molecule has 9 heteroatoms. The zero-order valence-corrected chi connectivity index (χ0v) is 16.1. The molecule has 2 rings (SSSR count). The number of ether oxygens (including phenoxy) is 2. The number of amides is 3. The Labute approximate surface area is 163 Å². The minimum atomic E-state index is -0.443. The average Bonchev–Trinajstić information content (AvgIpc) is 2.69. The molecule has 0 spiro atoms. The number of nitrogens with one attached hydrogen (secondary N) is 1. The number of carbonyl (C=O) groups excluding carboxylic acids is 4. The van der Waals surface area contributed by atoms with E-state index in [1.165, 1.54) is 0 Å². The van der Waals surface area contributed by atoms with E-state index in [-0.39, 0.29) is 18.9 Å².